The first-order chi connectivity index (χ1) is 8.67. The fourth-order valence-corrected chi connectivity index (χ4v) is 2.49. The third-order valence-electron chi connectivity index (χ3n) is 3.12. The van der Waals surface area contributed by atoms with Gasteiger partial charge < -0.3 is 10.1 Å². The molecule has 0 unspecified atom stereocenters. The zero-order chi connectivity index (χ0) is 13.0. The van der Waals surface area contributed by atoms with Gasteiger partial charge in [-0.2, -0.15) is 4.98 Å². The van der Waals surface area contributed by atoms with Gasteiger partial charge in [-0.25, -0.2) is 4.98 Å². The van der Waals surface area contributed by atoms with Crippen molar-refractivity contribution in [3.05, 3.63) is 11.9 Å². The average Bonchev–Trinajstić information content (AvgIpc) is 2.32. The summed E-state index contributed by atoms with van der Waals surface area (Å²) in [6, 6.07) is 2.33. The van der Waals surface area contributed by atoms with Crippen LogP contribution in [0.1, 0.15) is 38.4 Å². The molecule has 1 aliphatic carbocycles. The minimum atomic E-state index is 0.342. The molecule has 0 radical (unpaired) electrons. The maximum atomic E-state index is 6.10. The van der Waals surface area contributed by atoms with Crippen LogP contribution in [-0.2, 0) is 0 Å². The quantitative estimate of drug-likeness (QED) is 0.853. The topological polar surface area (TPSA) is 47.0 Å². The van der Waals surface area contributed by atoms with Crippen molar-refractivity contribution in [2.45, 2.75) is 50.9 Å². The molecule has 1 aromatic heterocycles. The molecule has 1 saturated carbocycles. The number of anilines is 1. The monoisotopic (exact) mass is 269 g/mol. The van der Waals surface area contributed by atoms with Crippen LogP contribution in [-0.4, -0.2) is 28.0 Å². The highest BCUT2D eigenvalue weighted by Crippen LogP contribution is 2.25. The van der Waals surface area contributed by atoms with Crippen LogP contribution in [0.3, 0.4) is 0 Å². The third kappa shape index (κ3) is 3.73. The van der Waals surface area contributed by atoms with Gasteiger partial charge in [0.1, 0.15) is 11.6 Å². The Labute approximate surface area is 113 Å². The third-order valence-corrected chi connectivity index (χ3v) is 3.55. The highest BCUT2D eigenvalue weighted by molar-refractivity contribution is 6.20. The zero-order valence-corrected chi connectivity index (χ0v) is 11.7. The van der Waals surface area contributed by atoms with Crippen molar-refractivity contribution in [3.8, 4) is 5.88 Å². The molecule has 1 aromatic rings. The first-order valence-corrected chi connectivity index (χ1v) is 7.00. The normalized spacial score (nSPS) is 23.7. The summed E-state index contributed by atoms with van der Waals surface area (Å²) in [6.07, 6.45) is 4.34. The molecule has 0 aromatic carbocycles. The van der Waals surface area contributed by atoms with E-state index in [9.17, 15) is 0 Å². The van der Waals surface area contributed by atoms with Gasteiger partial charge in [0.25, 0.3) is 0 Å². The molecule has 1 aliphatic rings. The summed E-state index contributed by atoms with van der Waals surface area (Å²) >= 11 is 6.10. The minimum Gasteiger partial charge on any atom is -0.478 e. The largest absolute Gasteiger partial charge is 0.478 e. The van der Waals surface area contributed by atoms with Crippen molar-refractivity contribution in [1.82, 2.24) is 9.97 Å². The van der Waals surface area contributed by atoms with Crippen LogP contribution in [0.2, 0.25) is 0 Å². The Kier molecular flexibility index (Phi) is 4.64. The van der Waals surface area contributed by atoms with Crippen LogP contribution < -0.4 is 10.1 Å². The molecular formula is C13H20ClN3O. The number of ether oxygens (including phenoxy) is 1. The molecule has 0 atom stereocenters. The molecule has 2 rings (SSSR count). The Bertz CT molecular complexity index is 392. The second-order valence-electron chi connectivity index (χ2n) is 4.66. The van der Waals surface area contributed by atoms with E-state index in [0.717, 1.165) is 37.3 Å². The first kappa shape index (κ1) is 13.4. The van der Waals surface area contributed by atoms with E-state index in [-0.39, 0.29) is 0 Å². The predicted molar refractivity (Wildman–Crippen MR) is 73.5 cm³/mol. The number of alkyl halides is 1. The van der Waals surface area contributed by atoms with Gasteiger partial charge in [-0.3, -0.25) is 0 Å². The van der Waals surface area contributed by atoms with Crippen molar-refractivity contribution in [2.75, 3.05) is 11.9 Å². The standard InChI is InChI=1S/C13H20ClN3O/c1-3-18-13-8-12(15-9(2)16-13)17-11-6-4-10(14)5-7-11/h8,10-11H,3-7H2,1-2H3,(H,15,16,17). The lowest BCUT2D eigenvalue weighted by Crippen LogP contribution is -2.26. The van der Waals surface area contributed by atoms with Crippen LogP contribution in [0.4, 0.5) is 5.82 Å². The Morgan fingerprint density at radius 1 is 1.33 bits per heavy atom. The summed E-state index contributed by atoms with van der Waals surface area (Å²) in [7, 11) is 0. The van der Waals surface area contributed by atoms with Crippen LogP contribution in [0.25, 0.3) is 0 Å². The molecule has 0 aliphatic heterocycles. The number of hydrogen-bond donors (Lipinski definition) is 1. The van der Waals surface area contributed by atoms with E-state index >= 15 is 0 Å². The highest BCUT2D eigenvalue weighted by Gasteiger charge is 2.19. The Morgan fingerprint density at radius 2 is 2.06 bits per heavy atom. The summed E-state index contributed by atoms with van der Waals surface area (Å²) in [4.78, 5) is 8.63. The van der Waals surface area contributed by atoms with Crippen molar-refractivity contribution < 1.29 is 4.74 Å². The summed E-state index contributed by atoms with van der Waals surface area (Å²) in [5, 5.41) is 3.79. The molecule has 0 bridgehead atoms. The summed E-state index contributed by atoms with van der Waals surface area (Å²) in [6.45, 7) is 4.45. The van der Waals surface area contributed by atoms with E-state index < -0.39 is 0 Å². The lowest BCUT2D eigenvalue weighted by Gasteiger charge is -2.26. The SMILES string of the molecule is CCOc1cc(NC2CCC(Cl)CC2)nc(C)n1. The number of nitrogens with zero attached hydrogens (tertiary/aromatic N) is 2. The molecule has 1 fully saturated rings. The van der Waals surface area contributed by atoms with E-state index in [1.165, 1.54) is 0 Å². The number of aryl methyl sites for hydroxylation is 1. The number of aromatic nitrogens is 2. The van der Waals surface area contributed by atoms with Crippen molar-refractivity contribution in [3.63, 3.8) is 0 Å². The molecule has 4 nitrogen and oxygen atoms in total. The van der Waals surface area contributed by atoms with Crippen molar-refractivity contribution in [2.24, 2.45) is 0 Å². The van der Waals surface area contributed by atoms with Crippen LogP contribution >= 0.6 is 11.6 Å². The van der Waals surface area contributed by atoms with Crippen LogP contribution in [0, 0.1) is 6.92 Å². The molecule has 0 spiro atoms. The number of nitrogens with one attached hydrogen (secondary N) is 1. The van der Waals surface area contributed by atoms with Gasteiger partial charge >= 0.3 is 0 Å². The van der Waals surface area contributed by atoms with E-state index in [4.69, 9.17) is 16.3 Å². The summed E-state index contributed by atoms with van der Waals surface area (Å²) in [5.74, 6) is 2.22. The van der Waals surface area contributed by atoms with E-state index in [2.05, 4.69) is 15.3 Å². The second kappa shape index (κ2) is 6.23. The Balaban J connectivity index is 2.00. The molecule has 18 heavy (non-hydrogen) atoms. The Hall–Kier alpha value is -1.03. The number of hydrogen-bond acceptors (Lipinski definition) is 4. The molecule has 100 valence electrons. The van der Waals surface area contributed by atoms with Gasteiger partial charge in [0.2, 0.25) is 5.88 Å². The van der Waals surface area contributed by atoms with E-state index in [1.54, 1.807) is 0 Å². The smallest absolute Gasteiger partial charge is 0.218 e. The maximum Gasteiger partial charge on any atom is 0.218 e. The highest BCUT2D eigenvalue weighted by atomic mass is 35.5. The van der Waals surface area contributed by atoms with Crippen molar-refractivity contribution >= 4 is 17.4 Å². The second-order valence-corrected chi connectivity index (χ2v) is 5.28. The summed E-state index contributed by atoms with van der Waals surface area (Å²) in [5.41, 5.74) is 0. The molecule has 5 heteroatoms. The van der Waals surface area contributed by atoms with Crippen LogP contribution in [0.15, 0.2) is 6.07 Å². The van der Waals surface area contributed by atoms with E-state index in [0.29, 0.717) is 23.9 Å². The zero-order valence-electron chi connectivity index (χ0n) is 10.9. The van der Waals surface area contributed by atoms with Crippen LogP contribution in [0.5, 0.6) is 5.88 Å². The lowest BCUT2D eigenvalue weighted by atomic mass is 9.95. The van der Waals surface area contributed by atoms with Gasteiger partial charge in [-0.1, -0.05) is 0 Å². The van der Waals surface area contributed by atoms with Gasteiger partial charge in [0.15, 0.2) is 0 Å². The molecule has 1 N–H and O–H groups in total. The molecular weight excluding hydrogens is 250 g/mol. The Morgan fingerprint density at radius 3 is 2.72 bits per heavy atom. The van der Waals surface area contributed by atoms with Gasteiger partial charge in [0.05, 0.1) is 6.61 Å². The van der Waals surface area contributed by atoms with Gasteiger partial charge in [0, 0.05) is 17.5 Å². The molecule has 0 amide bonds. The molecule has 0 saturated heterocycles. The fraction of sp³-hybridized carbons (Fsp3) is 0.692. The first-order valence-electron chi connectivity index (χ1n) is 6.56. The maximum absolute atomic E-state index is 6.10. The minimum absolute atomic E-state index is 0.342. The lowest BCUT2D eigenvalue weighted by molar-refractivity contribution is 0.325. The molecule has 1 heterocycles. The van der Waals surface area contributed by atoms with Gasteiger partial charge in [-0.05, 0) is 39.5 Å². The van der Waals surface area contributed by atoms with Gasteiger partial charge in [-0.15, -0.1) is 11.6 Å². The van der Waals surface area contributed by atoms with Crippen molar-refractivity contribution in [1.29, 1.82) is 0 Å². The van der Waals surface area contributed by atoms with E-state index in [1.807, 2.05) is 19.9 Å². The number of halogens is 1. The fourth-order valence-electron chi connectivity index (χ4n) is 2.24. The average molecular weight is 270 g/mol. The summed E-state index contributed by atoms with van der Waals surface area (Å²) < 4.78 is 5.42. The number of rotatable bonds is 4. The predicted octanol–water partition coefficient (Wildman–Crippen LogP) is 3.15.